The van der Waals surface area contributed by atoms with Crippen molar-refractivity contribution in [2.75, 3.05) is 11.9 Å². The molecule has 1 amide bonds. The summed E-state index contributed by atoms with van der Waals surface area (Å²) in [5, 5.41) is 2.73. The molecule has 4 rings (SSSR count). The second-order valence-corrected chi connectivity index (χ2v) is 6.72. The lowest BCUT2D eigenvalue weighted by Crippen LogP contribution is -2.22. The van der Waals surface area contributed by atoms with E-state index >= 15 is 0 Å². The molecule has 0 saturated heterocycles. The van der Waals surface area contributed by atoms with Gasteiger partial charge >= 0.3 is 0 Å². The molecular weight excluding hydrogens is 354 g/mol. The Morgan fingerprint density at radius 3 is 2.75 bits per heavy atom. The molecule has 6 heteroatoms. The molecule has 1 aromatic heterocycles. The number of rotatable bonds is 4. The van der Waals surface area contributed by atoms with Crippen LogP contribution >= 0.6 is 0 Å². The second-order valence-electron chi connectivity index (χ2n) is 6.72. The van der Waals surface area contributed by atoms with E-state index in [4.69, 9.17) is 4.74 Å². The van der Waals surface area contributed by atoms with Crippen molar-refractivity contribution in [2.45, 2.75) is 13.3 Å². The van der Waals surface area contributed by atoms with E-state index in [0.29, 0.717) is 12.3 Å². The summed E-state index contributed by atoms with van der Waals surface area (Å²) in [6.07, 6.45) is 4.06. The molecule has 0 unspecified atom stereocenters. The first-order chi connectivity index (χ1) is 13.5. The molecule has 3 aromatic rings. The van der Waals surface area contributed by atoms with Crippen LogP contribution in [0.25, 0.3) is 11.8 Å². The highest BCUT2D eigenvalue weighted by Crippen LogP contribution is 2.26. The number of amides is 1. The topological polar surface area (TPSA) is 65.3 Å². The molecule has 2 aromatic carbocycles. The third kappa shape index (κ3) is 3.24. The molecule has 1 aliphatic rings. The summed E-state index contributed by atoms with van der Waals surface area (Å²) in [5.41, 5.74) is 3.52. The van der Waals surface area contributed by atoms with Crippen molar-refractivity contribution < 1.29 is 9.53 Å². The minimum Gasteiger partial charge on any atom is -0.493 e. The first kappa shape index (κ1) is 17.9. The lowest BCUT2D eigenvalue weighted by Gasteiger charge is -2.07. The monoisotopic (exact) mass is 375 g/mol. The number of aromatic nitrogens is 2. The predicted molar refractivity (Wildman–Crippen MR) is 109 cm³/mol. The van der Waals surface area contributed by atoms with Crippen LogP contribution in [-0.2, 0) is 18.3 Å². The summed E-state index contributed by atoms with van der Waals surface area (Å²) >= 11 is 0. The third-order valence-electron chi connectivity index (χ3n) is 4.94. The highest BCUT2D eigenvalue weighted by Gasteiger charge is 2.17. The van der Waals surface area contributed by atoms with E-state index in [1.807, 2.05) is 48.5 Å². The van der Waals surface area contributed by atoms with Gasteiger partial charge in [0, 0.05) is 19.5 Å². The normalized spacial score (nSPS) is 12.8. The van der Waals surface area contributed by atoms with Gasteiger partial charge in [0.05, 0.1) is 18.0 Å². The van der Waals surface area contributed by atoms with Crippen molar-refractivity contribution in [2.24, 2.45) is 7.05 Å². The number of nitrogens with one attached hydrogen (secondary N) is 1. The van der Waals surface area contributed by atoms with Crippen molar-refractivity contribution >= 4 is 17.7 Å². The summed E-state index contributed by atoms with van der Waals surface area (Å²) < 4.78 is 8.76. The maximum absolute atomic E-state index is 12.8. The smallest absolute Gasteiger partial charge is 0.295 e. The van der Waals surface area contributed by atoms with E-state index in [1.165, 1.54) is 10.8 Å². The van der Waals surface area contributed by atoms with Gasteiger partial charge in [-0.1, -0.05) is 24.3 Å². The van der Waals surface area contributed by atoms with Gasteiger partial charge in [0.25, 0.3) is 5.56 Å². The van der Waals surface area contributed by atoms with E-state index in [0.717, 1.165) is 29.0 Å². The third-order valence-corrected chi connectivity index (χ3v) is 4.94. The van der Waals surface area contributed by atoms with Crippen LogP contribution in [0.3, 0.4) is 0 Å². The Balaban J connectivity index is 1.56. The van der Waals surface area contributed by atoms with Gasteiger partial charge in [-0.25, -0.2) is 4.68 Å². The number of para-hydroxylation sites is 1. The van der Waals surface area contributed by atoms with Crippen molar-refractivity contribution in [1.29, 1.82) is 0 Å². The SMILES string of the molecule is Cc1c(NC(=O)/C=C/c2ccc3c(c2)CCO3)c(=O)n(-c2ccccc2)n1C. The van der Waals surface area contributed by atoms with Crippen molar-refractivity contribution in [3.05, 3.63) is 81.8 Å². The minimum atomic E-state index is -0.345. The van der Waals surface area contributed by atoms with Gasteiger partial charge in [0.15, 0.2) is 0 Å². The molecule has 6 nitrogen and oxygen atoms in total. The maximum Gasteiger partial charge on any atom is 0.295 e. The molecule has 0 fully saturated rings. The van der Waals surface area contributed by atoms with E-state index in [9.17, 15) is 9.59 Å². The molecule has 1 N–H and O–H groups in total. The first-order valence-corrected chi connectivity index (χ1v) is 9.13. The summed E-state index contributed by atoms with van der Waals surface area (Å²) in [7, 11) is 1.79. The summed E-state index contributed by atoms with van der Waals surface area (Å²) in [6.45, 7) is 2.50. The van der Waals surface area contributed by atoms with Crippen LogP contribution in [0.15, 0.2) is 59.4 Å². The number of ether oxygens (including phenoxy) is 1. The van der Waals surface area contributed by atoms with Gasteiger partial charge < -0.3 is 10.1 Å². The first-order valence-electron chi connectivity index (χ1n) is 9.13. The molecule has 142 valence electrons. The number of benzene rings is 2. The molecule has 0 atom stereocenters. The fourth-order valence-electron chi connectivity index (χ4n) is 3.36. The Morgan fingerprint density at radius 2 is 1.96 bits per heavy atom. The fourth-order valence-corrected chi connectivity index (χ4v) is 3.36. The maximum atomic E-state index is 12.8. The second kappa shape index (κ2) is 7.23. The molecule has 0 saturated carbocycles. The number of fused-ring (bicyclic) bond motifs is 1. The molecule has 1 aliphatic heterocycles. The zero-order valence-corrected chi connectivity index (χ0v) is 15.8. The minimum absolute atomic E-state index is 0.261. The fraction of sp³-hybridized carbons (Fsp3) is 0.182. The van der Waals surface area contributed by atoms with E-state index in [1.54, 1.807) is 24.7 Å². The molecule has 0 radical (unpaired) electrons. The van der Waals surface area contributed by atoms with Crippen LogP contribution in [-0.4, -0.2) is 21.9 Å². The number of nitrogens with zero attached hydrogens (tertiary/aromatic N) is 2. The molecule has 0 bridgehead atoms. The van der Waals surface area contributed by atoms with Gasteiger partial charge in [-0.3, -0.25) is 14.3 Å². The highest BCUT2D eigenvalue weighted by atomic mass is 16.5. The van der Waals surface area contributed by atoms with Crippen LogP contribution < -0.4 is 15.6 Å². The van der Waals surface area contributed by atoms with E-state index in [2.05, 4.69) is 5.32 Å². The largest absolute Gasteiger partial charge is 0.493 e. The average molecular weight is 375 g/mol. The van der Waals surface area contributed by atoms with Crippen LogP contribution in [0.2, 0.25) is 0 Å². The summed E-state index contributed by atoms with van der Waals surface area (Å²) in [4.78, 5) is 25.2. The standard InChI is InChI=1S/C22H21N3O3/c1-15-21(22(27)25(24(15)2)18-6-4-3-5-7-18)23-20(26)11-9-16-8-10-19-17(14-16)12-13-28-19/h3-11,14H,12-13H2,1-2H3,(H,23,26)/b11-9+. The van der Waals surface area contributed by atoms with Crippen LogP contribution in [0, 0.1) is 6.92 Å². The van der Waals surface area contributed by atoms with E-state index in [-0.39, 0.29) is 17.2 Å². The van der Waals surface area contributed by atoms with Crippen LogP contribution in [0.4, 0.5) is 5.69 Å². The molecule has 0 spiro atoms. The quantitative estimate of drug-likeness (QED) is 0.713. The Labute approximate surface area is 162 Å². The lowest BCUT2D eigenvalue weighted by molar-refractivity contribution is -0.111. The Kier molecular flexibility index (Phi) is 4.61. The number of hydrogen-bond acceptors (Lipinski definition) is 3. The van der Waals surface area contributed by atoms with Gasteiger partial charge in [-0.05, 0) is 48.4 Å². The lowest BCUT2D eigenvalue weighted by atomic mass is 10.1. The molecule has 0 aliphatic carbocycles. The molecule has 2 heterocycles. The number of carbonyl (C=O) groups excluding carboxylic acids is 1. The zero-order chi connectivity index (χ0) is 19.7. The van der Waals surface area contributed by atoms with Crippen LogP contribution in [0.1, 0.15) is 16.8 Å². The molecular formula is C22H21N3O3. The van der Waals surface area contributed by atoms with Crippen molar-refractivity contribution in [1.82, 2.24) is 9.36 Å². The molecule has 28 heavy (non-hydrogen) atoms. The van der Waals surface area contributed by atoms with Crippen LogP contribution in [0.5, 0.6) is 5.75 Å². The van der Waals surface area contributed by atoms with Gasteiger partial charge in [0.2, 0.25) is 5.91 Å². The number of hydrogen-bond donors (Lipinski definition) is 1. The number of anilines is 1. The van der Waals surface area contributed by atoms with Gasteiger partial charge in [-0.2, -0.15) is 0 Å². The summed E-state index contributed by atoms with van der Waals surface area (Å²) in [5.74, 6) is 0.561. The summed E-state index contributed by atoms with van der Waals surface area (Å²) in [6, 6.07) is 15.2. The average Bonchev–Trinajstić information content (AvgIpc) is 3.25. The highest BCUT2D eigenvalue weighted by molar-refractivity contribution is 6.02. The van der Waals surface area contributed by atoms with Crippen molar-refractivity contribution in [3.8, 4) is 11.4 Å². The number of carbonyl (C=O) groups is 1. The van der Waals surface area contributed by atoms with Crippen molar-refractivity contribution in [3.63, 3.8) is 0 Å². The Hall–Kier alpha value is -3.54. The van der Waals surface area contributed by atoms with Gasteiger partial charge in [-0.15, -0.1) is 0 Å². The Bertz CT molecular complexity index is 1120. The van der Waals surface area contributed by atoms with E-state index < -0.39 is 0 Å². The predicted octanol–water partition coefficient (Wildman–Crippen LogP) is 3.07. The Morgan fingerprint density at radius 1 is 1.18 bits per heavy atom. The zero-order valence-electron chi connectivity index (χ0n) is 15.8. The van der Waals surface area contributed by atoms with Gasteiger partial charge in [0.1, 0.15) is 11.4 Å².